The summed E-state index contributed by atoms with van der Waals surface area (Å²) >= 11 is 0. The van der Waals surface area contributed by atoms with E-state index >= 15 is 0 Å². The van der Waals surface area contributed by atoms with E-state index in [1.807, 2.05) is 0 Å². The van der Waals surface area contributed by atoms with Crippen LogP contribution in [-0.2, 0) is 0 Å². The van der Waals surface area contributed by atoms with Crippen LogP contribution in [0.3, 0.4) is 0 Å². The van der Waals surface area contributed by atoms with Gasteiger partial charge in [0.25, 0.3) is 11.6 Å². The van der Waals surface area contributed by atoms with Crippen LogP contribution in [0.2, 0.25) is 0 Å². The molecule has 1 aliphatic heterocycles. The van der Waals surface area contributed by atoms with Gasteiger partial charge >= 0.3 is 0 Å². The van der Waals surface area contributed by atoms with E-state index in [-0.39, 0.29) is 16.7 Å². The summed E-state index contributed by atoms with van der Waals surface area (Å²) in [6.45, 7) is 5.29. The summed E-state index contributed by atoms with van der Waals surface area (Å²) in [5.74, 6) is -1.36. The Labute approximate surface area is 121 Å². The molecule has 0 bridgehead atoms. The monoisotopic (exact) mass is 295 g/mol. The fourth-order valence-corrected chi connectivity index (χ4v) is 2.39. The Kier molecular flexibility index (Phi) is 3.85. The summed E-state index contributed by atoms with van der Waals surface area (Å²) < 4.78 is 13.4. The molecule has 0 atom stereocenters. The average Bonchev–Trinajstić information content (AvgIpc) is 2.40. The number of carbonyl (C=O) groups excluding carboxylic acids is 1. The van der Waals surface area contributed by atoms with E-state index in [1.54, 1.807) is 4.90 Å². The highest BCUT2D eigenvalue weighted by Gasteiger charge is 2.31. The molecule has 21 heavy (non-hydrogen) atoms. The zero-order chi connectivity index (χ0) is 15.8. The summed E-state index contributed by atoms with van der Waals surface area (Å²) in [5, 5.41) is 11.0. The highest BCUT2D eigenvalue weighted by Crippen LogP contribution is 2.32. The van der Waals surface area contributed by atoms with Gasteiger partial charge in [-0.2, -0.15) is 0 Å². The van der Waals surface area contributed by atoms with Crippen molar-refractivity contribution < 1.29 is 14.1 Å². The van der Waals surface area contributed by atoms with E-state index in [9.17, 15) is 19.3 Å². The van der Waals surface area contributed by atoms with Gasteiger partial charge < -0.3 is 10.6 Å². The van der Waals surface area contributed by atoms with E-state index in [0.29, 0.717) is 19.2 Å². The molecule has 1 aromatic carbocycles. The molecule has 6 nitrogen and oxygen atoms in total. The number of piperidine rings is 1. The van der Waals surface area contributed by atoms with Gasteiger partial charge in [-0.05, 0) is 24.3 Å². The zero-order valence-electron chi connectivity index (χ0n) is 12.1. The van der Waals surface area contributed by atoms with E-state index in [4.69, 9.17) is 5.73 Å². The number of halogens is 1. The molecule has 114 valence electrons. The molecule has 7 heteroatoms. The summed E-state index contributed by atoms with van der Waals surface area (Å²) in [5.41, 5.74) is 4.63. The lowest BCUT2D eigenvalue weighted by Crippen LogP contribution is -2.41. The lowest BCUT2D eigenvalue weighted by molar-refractivity contribution is -0.385. The minimum atomic E-state index is -0.891. The Morgan fingerprint density at radius 2 is 1.95 bits per heavy atom. The van der Waals surface area contributed by atoms with Gasteiger partial charge in [0.1, 0.15) is 5.56 Å². The largest absolute Gasteiger partial charge is 0.396 e. The Morgan fingerprint density at radius 3 is 2.48 bits per heavy atom. The summed E-state index contributed by atoms with van der Waals surface area (Å²) in [4.78, 5) is 24.2. The Balaban J connectivity index is 2.31. The van der Waals surface area contributed by atoms with Crippen LogP contribution in [0.1, 0.15) is 37.0 Å². The van der Waals surface area contributed by atoms with E-state index in [1.165, 1.54) is 0 Å². The quantitative estimate of drug-likeness (QED) is 0.516. The third-order valence-electron chi connectivity index (χ3n) is 3.95. The zero-order valence-corrected chi connectivity index (χ0v) is 12.1. The van der Waals surface area contributed by atoms with Crippen molar-refractivity contribution in [1.29, 1.82) is 0 Å². The molecule has 0 saturated carbocycles. The predicted molar refractivity (Wildman–Crippen MR) is 76.4 cm³/mol. The molecule has 0 aliphatic carbocycles. The van der Waals surface area contributed by atoms with Crippen molar-refractivity contribution in [3.8, 4) is 0 Å². The maximum Gasteiger partial charge on any atom is 0.285 e. The number of nitrogens with two attached hydrogens (primary N) is 1. The van der Waals surface area contributed by atoms with Gasteiger partial charge in [-0.25, -0.2) is 4.39 Å². The molecular formula is C14H18FN3O3. The maximum absolute atomic E-state index is 13.4. The van der Waals surface area contributed by atoms with Crippen molar-refractivity contribution in [3.05, 3.63) is 33.6 Å². The minimum Gasteiger partial charge on any atom is -0.396 e. The molecule has 1 heterocycles. The van der Waals surface area contributed by atoms with Gasteiger partial charge in [0, 0.05) is 13.1 Å². The first-order valence-electron chi connectivity index (χ1n) is 6.74. The van der Waals surface area contributed by atoms with Crippen molar-refractivity contribution in [1.82, 2.24) is 4.90 Å². The maximum atomic E-state index is 13.4. The predicted octanol–water partition coefficient (Wildman–Crippen LogP) is 2.58. The lowest BCUT2D eigenvalue weighted by Gasteiger charge is -2.36. The number of anilines is 1. The average molecular weight is 295 g/mol. The van der Waals surface area contributed by atoms with Crippen LogP contribution in [0.25, 0.3) is 0 Å². The second-order valence-electron chi connectivity index (χ2n) is 6.10. The molecule has 1 fully saturated rings. The number of rotatable bonds is 2. The van der Waals surface area contributed by atoms with E-state index in [0.717, 1.165) is 18.9 Å². The molecule has 0 unspecified atom stereocenters. The topological polar surface area (TPSA) is 89.5 Å². The number of likely N-dealkylation sites (tertiary alicyclic amines) is 1. The second-order valence-corrected chi connectivity index (χ2v) is 6.10. The highest BCUT2D eigenvalue weighted by molar-refractivity contribution is 5.99. The summed E-state index contributed by atoms with van der Waals surface area (Å²) in [6.07, 6.45) is 1.65. The van der Waals surface area contributed by atoms with Crippen LogP contribution in [0.15, 0.2) is 12.1 Å². The number of nitrogen functional groups attached to an aromatic ring is 1. The van der Waals surface area contributed by atoms with Gasteiger partial charge in [-0.1, -0.05) is 13.8 Å². The first-order valence-corrected chi connectivity index (χ1v) is 6.74. The standard InChI is InChI=1S/C14H18FN3O3/c1-14(2)3-5-17(6-4-14)13(19)9-7-11(16)10(15)8-12(9)18(20)21/h7-8H,3-6,16H2,1-2H3. The fraction of sp³-hybridized carbons (Fsp3) is 0.500. The third kappa shape index (κ3) is 3.12. The minimum absolute atomic E-state index is 0.154. The smallest absolute Gasteiger partial charge is 0.285 e. The number of nitrogens with zero attached hydrogens (tertiary/aromatic N) is 2. The normalized spacial score (nSPS) is 17.6. The number of nitro groups is 1. The lowest BCUT2D eigenvalue weighted by atomic mass is 9.82. The van der Waals surface area contributed by atoms with Gasteiger partial charge in [-0.15, -0.1) is 0 Å². The van der Waals surface area contributed by atoms with Crippen LogP contribution < -0.4 is 5.73 Å². The second kappa shape index (κ2) is 5.31. The summed E-state index contributed by atoms with van der Waals surface area (Å²) in [7, 11) is 0. The van der Waals surface area contributed by atoms with Crippen molar-refractivity contribution in [2.75, 3.05) is 18.8 Å². The number of carbonyl (C=O) groups is 1. The first kappa shape index (κ1) is 15.2. The van der Waals surface area contributed by atoms with E-state index in [2.05, 4.69) is 13.8 Å². The van der Waals surface area contributed by atoms with Crippen LogP contribution in [0, 0.1) is 21.3 Å². The van der Waals surface area contributed by atoms with Crippen LogP contribution in [-0.4, -0.2) is 28.8 Å². The number of benzene rings is 1. The Bertz CT molecular complexity index is 591. The Hall–Kier alpha value is -2.18. The van der Waals surface area contributed by atoms with Crippen molar-refractivity contribution in [2.45, 2.75) is 26.7 Å². The molecule has 2 N–H and O–H groups in total. The van der Waals surface area contributed by atoms with Gasteiger partial charge in [0.05, 0.1) is 16.7 Å². The van der Waals surface area contributed by atoms with Gasteiger partial charge in [-0.3, -0.25) is 14.9 Å². The number of nitro benzene ring substituents is 1. The molecule has 0 radical (unpaired) electrons. The summed E-state index contributed by atoms with van der Waals surface area (Å²) in [6, 6.07) is 1.76. The third-order valence-corrected chi connectivity index (χ3v) is 3.95. The molecule has 2 rings (SSSR count). The SMILES string of the molecule is CC1(C)CCN(C(=O)c2cc(N)c(F)cc2[N+](=O)[O-])CC1. The van der Waals surface area contributed by atoms with Gasteiger partial charge in [0.2, 0.25) is 0 Å². The highest BCUT2D eigenvalue weighted by atomic mass is 19.1. The fourth-order valence-electron chi connectivity index (χ4n) is 2.39. The molecule has 1 saturated heterocycles. The van der Waals surface area contributed by atoms with Crippen molar-refractivity contribution in [3.63, 3.8) is 0 Å². The van der Waals surface area contributed by atoms with Crippen LogP contribution in [0.4, 0.5) is 15.8 Å². The molecule has 1 amide bonds. The molecule has 1 aromatic rings. The number of hydrogen-bond donors (Lipinski definition) is 1. The number of amides is 1. The van der Waals surface area contributed by atoms with Gasteiger partial charge in [0.15, 0.2) is 5.82 Å². The Morgan fingerprint density at radius 1 is 1.38 bits per heavy atom. The van der Waals surface area contributed by atoms with Crippen molar-refractivity contribution in [2.24, 2.45) is 5.41 Å². The van der Waals surface area contributed by atoms with E-state index < -0.39 is 22.3 Å². The molecule has 0 aromatic heterocycles. The number of hydrogen-bond acceptors (Lipinski definition) is 4. The first-order chi connectivity index (χ1) is 9.71. The van der Waals surface area contributed by atoms with Crippen molar-refractivity contribution >= 4 is 17.3 Å². The van der Waals surface area contributed by atoms with Crippen LogP contribution in [0.5, 0.6) is 0 Å². The molecular weight excluding hydrogens is 277 g/mol. The molecule has 0 spiro atoms. The van der Waals surface area contributed by atoms with Crippen LogP contribution >= 0.6 is 0 Å². The molecule has 1 aliphatic rings.